The standard InChI is InChI=1S/C18H16N2O4/c1-2-24-18(22)14-10-15-16(20(23)12-14)8-9-19(17(15)21)11-13-6-4-3-5-7-13/h3-10,12H,2,11H2,1H3. The van der Waals surface area contributed by atoms with Crippen LogP contribution in [0.5, 0.6) is 0 Å². The molecule has 1 aromatic carbocycles. The maximum atomic E-state index is 12.7. The Labute approximate surface area is 138 Å². The molecule has 0 saturated carbocycles. The van der Waals surface area contributed by atoms with E-state index in [4.69, 9.17) is 4.74 Å². The first-order valence-corrected chi connectivity index (χ1v) is 7.57. The number of hydrogen-bond acceptors (Lipinski definition) is 4. The number of nitrogens with zero attached hydrogens (tertiary/aromatic N) is 2. The molecule has 122 valence electrons. The summed E-state index contributed by atoms with van der Waals surface area (Å²) in [6.45, 7) is 2.26. The summed E-state index contributed by atoms with van der Waals surface area (Å²) < 4.78 is 6.93. The van der Waals surface area contributed by atoms with E-state index in [0.717, 1.165) is 11.8 Å². The Hall–Kier alpha value is -3.15. The molecule has 0 spiro atoms. The zero-order valence-electron chi connectivity index (χ0n) is 13.1. The largest absolute Gasteiger partial charge is 0.618 e. The highest BCUT2D eigenvalue weighted by Gasteiger charge is 2.17. The second-order valence-corrected chi connectivity index (χ2v) is 5.31. The Morgan fingerprint density at radius 3 is 2.71 bits per heavy atom. The molecule has 3 aromatic rings. The Balaban J connectivity index is 2.09. The van der Waals surface area contributed by atoms with E-state index in [0.29, 0.717) is 11.3 Å². The average molecular weight is 324 g/mol. The summed E-state index contributed by atoms with van der Waals surface area (Å²) in [4.78, 5) is 24.5. The van der Waals surface area contributed by atoms with E-state index >= 15 is 0 Å². The molecule has 0 aliphatic carbocycles. The maximum absolute atomic E-state index is 12.7. The maximum Gasteiger partial charge on any atom is 0.344 e. The summed E-state index contributed by atoms with van der Waals surface area (Å²) >= 11 is 0. The van der Waals surface area contributed by atoms with E-state index in [-0.39, 0.29) is 28.6 Å². The number of carbonyl (C=O) groups excluding carboxylic acids is 1. The van der Waals surface area contributed by atoms with E-state index in [2.05, 4.69) is 0 Å². The van der Waals surface area contributed by atoms with Crippen molar-refractivity contribution in [2.45, 2.75) is 13.5 Å². The molecule has 3 rings (SSSR count). The van der Waals surface area contributed by atoms with E-state index in [1.54, 1.807) is 19.2 Å². The molecule has 0 amide bonds. The molecule has 2 heterocycles. The minimum absolute atomic E-state index is 0.0638. The molecule has 0 fully saturated rings. The van der Waals surface area contributed by atoms with Crippen molar-refractivity contribution < 1.29 is 14.3 Å². The number of pyridine rings is 2. The Morgan fingerprint density at radius 2 is 2.00 bits per heavy atom. The van der Waals surface area contributed by atoms with Crippen molar-refractivity contribution in [1.29, 1.82) is 0 Å². The molecular formula is C18H16N2O4. The van der Waals surface area contributed by atoms with Gasteiger partial charge >= 0.3 is 5.97 Å². The van der Waals surface area contributed by atoms with Crippen LogP contribution in [-0.4, -0.2) is 17.1 Å². The average Bonchev–Trinajstić information content (AvgIpc) is 2.59. The van der Waals surface area contributed by atoms with Gasteiger partial charge in [-0.05, 0) is 18.6 Å². The zero-order chi connectivity index (χ0) is 17.1. The van der Waals surface area contributed by atoms with Crippen LogP contribution >= 0.6 is 0 Å². The lowest BCUT2D eigenvalue weighted by molar-refractivity contribution is -0.577. The number of ether oxygens (including phenoxy) is 1. The number of rotatable bonds is 4. The number of carbonyl (C=O) groups is 1. The number of fused-ring (bicyclic) bond motifs is 1. The predicted octanol–water partition coefficient (Wildman–Crippen LogP) is 1.86. The van der Waals surface area contributed by atoms with E-state index in [1.807, 2.05) is 30.3 Å². The molecule has 0 unspecified atom stereocenters. The second kappa shape index (κ2) is 6.54. The lowest BCUT2D eigenvalue weighted by atomic mass is 10.2. The van der Waals surface area contributed by atoms with Crippen molar-refractivity contribution in [3.05, 3.63) is 81.5 Å². The Bertz CT molecular complexity index is 948. The quantitative estimate of drug-likeness (QED) is 0.417. The van der Waals surface area contributed by atoms with Gasteiger partial charge in [0.2, 0.25) is 5.52 Å². The lowest BCUT2D eigenvalue weighted by Gasteiger charge is -2.09. The van der Waals surface area contributed by atoms with Crippen LogP contribution in [0.4, 0.5) is 0 Å². The highest BCUT2D eigenvalue weighted by atomic mass is 16.5. The first-order chi connectivity index (χ1) is 11.6. The van der Waals surface area contributed by atoms with Crippen molar-refractivity contribution in [3.63, 3.8) is 0 Å². The third kappa shape index (κ3) is 2.99. The summed E-state index contributed by atoms with van der Waals surface area (Å²) in [5.41, 5.74) is 0.925. The van der Waals surface area contributed by atoms with Crippen LogP contribution in [0.25, 0.3) is 10.9 Å². The number of benzene rings is 1. The van der Waals surface area contributed by atoms with Crippen LogP contribution in [-0.2, 0) is 11.3 Å². The topological polar surface area (TPSA) is 75.2 Å². The summed E-state index contributed by atoms with van der Waals surface area (Å²) in [7, 11) is 0. The van der Waals surface area contributed by atoms with E-state index in [9.17, 15) is 14.8 Å². The van der Waals surface area contributed by atoms with Gasteiger partial charge in [0.15, 0.2) is 6.20 Å². The van der Waals surface area contributed by atoms with Crippen LogP contribution in [0.15, 0.2) is 59.7 Å². The van der Waals surface area contributed by atoms with Crippen molar-refractivity contribution in [2.75, 3.05) is 6.61 Å². The molecule has 0 radical (unpaired) electrons. The van der Waals surface area contributed by atoms with Crippen molar-refractivity contribution in [2.24, 2.45) is 0 Å². The first-order valence-electron chi connectivity index (χ1n) is 7.57. The fourth-order valence-corrected chi connectivity index (χ4v) is 2.53. The van der Waals surface area contributed by atoms with Crippen molar-refractivity contribution in [1.82, 2.24) is 4.57 Å². The third-order valence-electron chi connectivity index (χ3n) is 3.68. The SMILES string of the molecule is CCOC(=O)c1cc2c(=O)n(Cc3ccccc3)ccc2[n+]([O-])c1. The van der Waals surface area contributed by atoms with E-state index < -0.39 is 5.97 Å². The molecule has 0 aliphatic rings. The number of aromatic nitrogens is 2. The summed E-state index contributed by atoms with van der Waals surface area (Å²) in [6, 6.07) is 12.5. The fourth-order valence-electron chi connectivity index (χ4n) is 2.53. The van der Waals surface area contributed by atoms with Crippen LogP contribution in [0.3, 0.4) is 0 Å². The summed E-state index contributed by atoms with van der Waals surface area (Å²) in [6.07, 6.45) is 2.71. The molecule has 6 nitrogen and oxygen atoms in total. The van der Waals surface area contributed by atoms with Gasteiger partial charge in [-0.15, -0.1) is 0 Å². The summed E-state index contributed by atoms with van der Waals surface area (Å²) in [5.74, 6) is -0.623. The number of hydrogen-bond donors (Lipinski definition) is 0. The van der Waals surface area contributed by atoms with Crippen LogP contribution in [0, 0.1) is 5.21 Å². The van der Waals surface area contributed by atoms with Gasteiger partial charge in [-0.3, -0.25) is 4.79 Å². The highest BCUT2D eigenvalue weighted by Crippen LogP contribution is 2.10. The monoisotopic (exact) mass is 324 g/mol. The zero-order valence-corrected chi connectivity index (χ0v) is 13.1. The van der Waals surface area contributed by atoms with Gasteiger partial charge in [-0.1, -0.05) is 30.3 Å². The van der Waals surface area contributed by atoms with E-state index in [1.165, 1.54) is 10.6 Å². The molecule has 0 bridgehead atoms. The van der Waals surface area contributed by atoms with Crippen LogP contribution in [0.2, 0.25) is 0 Å². The molecule has 24 heavy (non-hydrogen) atoms. The number of esters is 1. The molecule has 2 aromatic heterocycles. The molecular weight excluding hydrogens is 308 g/mol. The smallest absolute Gasteiger partial charge is 0.344 e. The minimum Gasteiger partial charge on any atom is -0.618 e. The highest BCUT2D eigenvalue weighted by molar-refractivity contribution is 5.92. The fraction of sp³-hybridized carbons (Fsp3) is 0.167. The molecule has 0 atom stereocenters. The normalized spacial score (nSPS) is 10.7. The van der Waals surface area contributed by atoms with Gasteiger partial charge in [0.1, 0.15) is 10.9 Å². The lowest BCUT2D eigenvalue weighted by Crippen LogP contribution is -2.32. The molecule has 6 heteroatoms. The second-order valence-electron chi connectivity index (χ2n) is 5.31. The van der Waals surface area contributed by atoms with Gasteiger partial charge < -0.3 is 14.5 Å². The summed E-state index contributed by atoms with van der Waals surface area (Å²) in [5, 5.41) is 12.3. The van der Waals surface area contributed by atoms with Gasteiger partial charge in [0.25, 0.3) is 5.56 Å². The predicted molar refractivity (Wildman–Crippen MR) is 88.7 cm³/mol. The van der Waals surface area contributed by atoms with Gasteiger partial charge in [-0.2, -0.15) is 4.73 Å². The van der Waals surface area contributed by atoms with Gasteiger partial charge in [0, 0.05) is 12.3 Å². The van der Waals surface area contributed by atoms with Crippen molar-refractivity contribution >= 4 is 16.9 Å². The van der Waals surface area contributed by atoms with Gasteiger partial charge in [-0.25, -0.2) is 4.79 Å². The molecule has 0 saturated heterocycles. The first kappa shape index (κ1) is 15.7. The van der Waals surface area contributed by atoms with Gasteiger partial charge in [0.05, 0.1) is 13.2 Å². The third-order valence-corrected chi connectivity index (χ3v) is 3.68. The van der Waals surface area contributed by atoms with Crippen LogP contribution in [0.1, 0.15) is 22.8 Å². The van der Waals surface area contributed by atoms with Crippen molar-refractivity contribution in [3.8, 4) is 0 Å². The molecule has 0 aliphatic heterocycles. The Kier molecular flexibility index (Phi) is 4.29. The Morgan fingerprint density at radius 1 is 1.25 bits per heavy atom. The molecule has 0 N–H and O–H groups in total. The minimum atomic E-state index is -0.623. The van der Waals surface area contributed by atoms with Crippen LogP contribution < -0.4 is 10.3 Å².